The number of benzene rings is 1. The van der Waals surface area contributed by atoms with Crippen LogP contribution in [0.4, 0.5) is 5.82 Å². The summed E-state index contributed by atoms with van der Waals surface area (Å²) in [5.41, 5.74) is 6.66. The van der Waals surface area contributed by atoms with Crippen LogP contribution in [-0.4, -0.2) is 11.3 Å². The van der Waals surface area contributed by atoms with Gasteiger partial charge in [0.2, 0.25) is 0 Å². The fourth-order valence-corrected chi connectivity index (χ4v) is 2.30. The maximum atomic E-state index is 11.0. The molecular formula is C12H7Cl3N2O. The van der Waals surface area contributed by atoms with Gasteiger partial charge < -0.3 is 5.73 Å². The van der Waals surface area contributed by atoms with Crippen molar-refractivity contribution < 1.29 is 4.79 Å². The van der Waals surface area contributed by atoms with Crippen molar-refractivity contribution in [1.82, 2.24) is 4.98 Å². The normalized spacial score (nSPS) is 10.4. The molecule has 1 heterocycles. The molecule has 0 atom stereocenters. The van der Waals surface area contributed by atoms with Crippen LogP contribution < -0.4 is 5.73 Å². The molecule has 0 fully saturated rings. The molecule has 0 amide bonds. The minimum absolute atomic E-state index is 0.168. The minimum atomic E-state index is 0.168. The van der Waals surface area contributed by atoms with Gasteiger partial charge in [-0.25, -0.2) is 4.98 Å². The number of halogens is 3. The van der Waals surface area contributed by atoms with Gasteiger partial charge in [0.15, 0.2) is 6.29 Å². The van der Waals surface area contributed by atoms with Crippen LogP contribution in [0.3, 0.4) is 0 Å². The average molecular weight is 302 g/mol. The number of nitrogen functional groups attached to an aromatic ring is 1. The molecule has 1 aromatic carbocycles. The molecule has 6 heteroatoms. The van der Waals surface area contributed by atoms with Gasteiger partial charge in [-0.2, -0.15) is 0 Å². The standard InChI is InChI=1S/C12H7Cl3N2O/c13-7-2-3-8(14)12(15)11(7)6-1-4-10(16)17-9(6)5-18/h1-5H,(H2,16,17). The van der Waals surface area contributed by atoms with E-state index in [0.29, 0.717) is 27.5 Å². The fourth-order valence-electron chi connectivity index (χ4n) is 1.57. The topological polar surface area (TPSA) is 56.0 Å². The van der Waals surface area contributed by atoms with Gasteiger partial charge in [0, 0.05) is 11.1 Å². The van der Waals surface area contributed by atoms with Gasteiger partial charge in [-0.3, -0.25) is 4.79 Å². The molecule has 0 saturated heterocycles. The van der Waals surface area contributed by atoms with Crippen LogP contribution in [0.2, 0.25) is 15.1 Å². The van der Waals surface area contributed by atoms with Crippen molar-refractivity contribution in [3.63, 3.8) is 0 Å². The molecular weight excluding hydrogens is 295 g/mol. The quantitative estimate of drug-likeness (QED) is 0.671. The average Bonchev–Trinajstić information content (AvgIpc) is 2.36. The van der Waals surface area contributed by atoms with Gasteiger partial charge in [-0.1, -0.05) is 34.8 Å². The number of aromatic nitrogens is 1. The first-order valence-corrected chi connectivity index (χ1v) is 6.03. The number of rotatable bonds is 2. The first-order chi connectivity index (χ1) is 8.54. The Hall–Kier alpha value is -1.29. The van der Waals surface area contributed by atoms with Crippen LogP contribution >= 0.6 is 34.8 Å². The van der Waals surface area contributed by atoms with Gasteiger partial charge in [0.25, 0.3) is 0 Å². The van der Waals surface area contributed by atoms with Gasteiger partial charge in [-0.05, 0) is 24.3 Å². The van der Waals surface area contributed by atoms with Crippen molar-refractivity contribution in [2.75, 3.05) is 5.73 Å². The number of anilines is 1. The third-order valence-electron chi connectivity index (χ3n) is 2.37. The molecule has 0 bridgehead atoms. The number of carbonyl (C=O) groups is 1. The second-order valence-electron chi connectivity index (χ2n) is 3.50. The molecule has 18 heavy (non-hydrogen) atoms. The summed E-state index contributed by atoms with van der Waals surface area (Å²) >= 11 is 18.1. The Labute approximate surface area is 118 Å². The highest BCUT2D eigenvalue weighted by Gasteiger charge is 2.15. The molecule has 1 aromatic heterocycles. The number of hydrogen-bond acceptors (Lipinski definition) is 3. The number of pyridine rings is 1. The zero-order valence-corrected chi connectivity index (χ0v) is 11.2. The van der Waals surface area contributed by atoms with E-state index in [1.54, 1.807) is 24.3 Å². The smallest absolute Gasteiger partial charge is 0.169 e. The number of carbonyl (C=O) groups excluding carboxylic acids is 1. The first-order valence-electron chi connectivity index (χ1n) is 4.90. The Balaban J connectivity index is 2.77. The fraction of sp³-hybridized carbons (Fsp3) is 0. The van der Waals surface area contributed by atoms with Crippen molar-refractivity contribution in [1.29, 1.82) is 0 Å². The molecule has 0 aliphatic heterocycles. The Morgan fingerprint density at radius 2 is 1.72 bits per heavy atom. The van der Waals surface area contributed by atoms with E-state index in [4.69, 9.17) is 40.5 Å². The molecule has 0 radical (unpaired) electrons. The van der Waals surface area contributed by atoms with E-state index in [2.05, 4.69) is 4.98 Å². The molecule has 2 N–H and O–H groups in total. The van der Waals surface area contributed by atoms with E-state index in [9.17, 15) is 4.79 Å². The van der Waals surface area contributed by atoms with E-state index < -0.39 is 0 Å². The summed E-state index contributed by atoms with van der Waals surface area (Å²) in [4.78, 5) is 15.0. The van der Waals surface area contributed by atoms with E-state index >= 15 is 0 Å². The van der Waals surface area contributed by atoms with Crippen molar-refractivity contribution in [2.24, 2.45) is 0 Å². The first kappa shape index (κ1) is 13.1. The van der Waals surface area contributed by atoms with Crippen LogP contribution in [0.1, 0.15) is 10.5 Å². The molecule has 0 aliphatic rings. The lowest BCUT2D eigenvalue weighted by molar-refractivity contribution is 0.112. The molecule has 92 valence electrons. The maximum absolute atomic E-state index is 11.0. The van der Waals surface area contributed by atoms with Crippen LogP contribution in [0.5, 0.6) is 0 Å². The predicted molar refractivity (Wildman–Crippen MR) is 74.5 cm³/mol. The number of aldehydes is 1. The monoisotopic (exact) mass is 300 g/mol. The predicted octanol–water partition coefficient (Wildman–Crippen LogP) is 4.10. The van der Waals surface area contributed by atoms with E-state index in [-0.39, 0.29) is 16.5 Å². The van der Waals surface area contributed by atoms with E-state index in [1.165, 1.54) is 0 Å². The van der Waals surface area contributed by atoms with Crippen molar-refractivity contribution in [3.05, 3.63) is 45.0 Å². The zero-order chi connectivity index (χ0) is 13.3. The number of nitrogens with zero attached hydrogens (tertiary/aromatic N) is 1. The van der Waals surface area contributed by atoms with E-state index in [1.807, 2.05) is 0 Å². The lowest BCUT2D eigenvalue weighted by Gasteiger charge is -2.10. The van der Waals surface area contributed by atoms with E-state index in [0.717, 1.165) is 0 Å². The molecule has 2 aromatic rings. The summed E-state index contributed by atoms with van der Waals surface area (Å²) in [6.07, 6.45) is 0.596. The van der Waals surface area contributed by atoms with Gasteiger partial charge in [0.05, 0.1) is 15.1 Å². The lowest BCUT2D eigenvalue weighted by Crippen LogP contribution is -1.98. The molecule has 0 aliphatic carbocycles. The number of hydrogen-bond donors (Lipinski definition) is 1. The maximum Gasteiger partial charge on any atom is 0.169 e. The van der Waals surface area contributed by atoms with Crippen molar-refractivity contribution >= 4 is 46.9 Å². The minimum Gasteiger partial charge on any atom is -0.384 e. The number of nitrogens with two attached hydrogens (primary N) is 1. The van der Waals surface area contributed by atoms with Gasteiger partial charge in [-0.15, -0.1) is 0 Å². The van der Waals surface area contributed by atoms with Crippen molar-refractivity contribution in [2.45, 2.75) is 0 Å². The summed E-state index contributed by atoms with van der Waals surface area (Å²) in [7, 11) is 0. The summed E-state index contributed by atoms with van der Waals surface area (Å²) < 4.78 is 0. The van der Waals surface area contributed by atoms with Crippen LogP contribution in [0, 0.1) is 0 Å². The van der Waals surface area contributed by atoms with Crippen LogP contribution in [0.25, 0.3) is 11.1 Å². The Bertz CT molecular complexity index is 629. The summed E-state index contributed by atoms with van der Waals surface area (Å²) in [6.45, 7) is 0. The zero-order valence-electron chi connectivity index (χ0n) is 8.95. The molecule has 0 saturated carbocycles. The Morgan fingerprint density at radius 1 is 1.06 bits per heavy atom. The van der Waals surface area contributed by atoms with Gasteiger partial charge >= 0.3 is 0 Å². The van der Waals surface area contributed by atoms with Crippen LogP contribution in [-0.2, 0) is 0 Å². The largest absolute Gasteiger partial charge is 0.384 e. The lowest BCUT2D eigenvalue weighted by atomic mass is 10.0. The highest BCUT2D eigenvalue weighted by Crippen LogP contribution is 2.39. The summed E-state index contributed by atoms with van der Waals surface area (Å²) in [5.74, 6) is 0.245. The molecule has 2 rings (SSSR count). The van der Waals surface area contributed by atoms with Crippen LogP contribution in [0.15, 0.2) is 24.3 Å². The Kier molecular flexibility index (Phi) is 3.76. The highest BCUT2D eigenvalue weighted by atomic mass is 35.5. The third kappa shape index (κ3) is 2.29. The molecule has 0 spiro atoms. The summed E-state index contributed by atoms with van der Waals surface area (Å²) in [6, 6.07) is 6.39. The Morgan fingerprint density at radius 3 is 2.39 bits per heavy atom. The summed E-state index contributed by atoms with van der Waals surface area (Å²) in [5, 5.41) is 1.02. The second kappa shape index (κ2) is 5.14. The SMILES string of the molecule is Nc1ccc(-c2c(Cl)ccc(Cl)c2Cl)c(C=O)n1. The second-order valence-corrected chi connectivity index (χ2v) is 4.70. The highest BCUT2D eigenvalue weighted by molar-refractivity contribution is 6.46. The van der Waals surface area contributed by atoms with Crippen molar-refractivity contribution in [3.8, 4) is 11.1 Å². The van der Waals surface area contributed by atoms with Gasteiger partial charge in [0.1, 0.15) is 11.5 Å². The third-order valence-corrected chi connectivity index (χ3v) is 3.49. The molecule has 0 unspecified atom stereocenters. The molecule has 3 nitrogen and oxygen atoms in total.